The number of hydrogen-bond acceptors (Lipinski definition) is 5. The molecule has 0 aliphatic carbocycles. The Morgan fingerprint density at radius 3 is 2.00 bits per heavy atom. The van der Waals surface area contributed by atoms with E-state index in [2.05, 4.69) is 18.8 Å². The van der Waals surface area contributed by atoms with Gasteiger partial charge in [-0.25, -0.2) is 4.98 Å². The normalized spacial score (nSPS) is 13.0. The van der Waals surface area contributed by atoms with Crippen LogP contribution in [0, 0.1) is 5.92 Å². The van der Waals surface area contributed by atoms with Gasteiger partial charge < -0.3 is 14.4 Å². The van der Waals surface area contributed by atoms with E-state index in [0.29, 0.717) is 17.2 Å². The molecule has 1 aromatic heterocycles. The minimum atomic E-state index is -0.917. The van der Waals surface area contributed by atoms with Gasteiger partial charge in [-0.15, -0.1) is 0 Å². The number of carbonyl (C=O) groups excluding carboxylic acids is 1. The topological polar surface area (TPSA) is 83.6 Å². The van der Waals surface area contributed by atoms with Crippen LogP contribution in [0.2, 0.25) is 0 Å². The summed E-state index contributed by atoms with van der Waals surface area (Å²) in [7, 11) is 0. The predicted molar refractivity (Wildman–Crippen MR) is 158 cm³/mol. The molecule has 0 fully saturated rings. The zero-order valence-electron chi connectivity index (χ0n) is 24.0. The minimum Gasteiger partial charge on any atom is -0.481 e. The van der Waals surface area contributed by atoms with Crippen molar-refractivity contribution in [2.45, 2.75) is 128 Å². The molecule has 1 N–H and O–H groups in total. The average Bonchev–Trinajstić information content (AvgIpc) is 3.32. The molecule has 1 amide bonds. The highest BCUT2D eigenvalue weighted by atomic mass is 32.2. The first kappa shape index (κ1) is 32.2. The summed E-state index contributed by atoms with van der Waals surface area (Å²) >= 11 is 1.36. The van der Waals surface area contributed by atoms with Gasteiger partial charge in [0.15, 0.2) is 5.58 Å². The van der Waals surface area contributed by atoms with Crippen molar-refractivity contribution in [1.29, 1.82) is 0 Å². The Labute approximate surface area is 234 Å². The molecule has 38 heavy (non-hydrogen) atoms. The fraction of sp³-hybridized carbons (Fsp3) is 0.710. The van der Waals surface area contributed by atoms with Gasteiger partial charge in [-0.3, -0.25) is 9.59 Å². The van der Waals surface area contributed by atoms with Gasteiger partial charge in [0.25, 0.3) is 5.22 Å². The summed E-state index contributed by atoms with van der Waals surface area (Å²) in [6.45, 7) is 7.93. The van der Waals surface area contributed by atoms with E-state index in [0.717, 1.165) is 50.7 Å². The van der Waals surface area contributed by atoms with Crippen LogP contribution >= 0.6 is 11.8 Å². The molecule has 0 spiro atoms. The number of unbranched alkanes of at least 4 members (excludes halogenated alkanes) is 10. The number of fused-ring (bicyclic) bond motifs is 1. The predicted octanol–water partition coefficient (Wildman–Crippen LogP) is 8.73. The van der Waals surface area contributed by atoms with Crippen LogP contribution < -0.4 is 0 Å². The lowest BCUT2D eigenvalue weighted by Crippen LogP contribution is -2.38. The first-order valence-electron chi connectivity index (χ1n) is 15.0. The SMILES string of the molecule is CCCCCCCCN(CCCCCCCC)C(=O)CC(C(=O)O)C(CCC)Sc1nc2ccccc2o1. The van der Waals surface area contributed by atoms with E-state index in [-0.39, 0.29) is 17.6 Å². The zero-order valence-corrected chi connectivity index (χ0v) is 24.8. The third kappa shape index (κ3) is 11.8. The van der Waals surface area contributed by atoms with Crippen molar-refractivity contribution in [3.05, 3.63) is 24.3 Å². The van der Waals surface area contributed by atoms with E-state index in [9.17, 15) is 14.7 Å². The molecule has 0 saturated carbocycles. The minimum absolute atomic E-state index is 0.0267. The van der Waals surface area contributed by atoms with Gasteiger partial charge in [-0.1, -0.05) is 115 Å². The Bertz CT molecular complexity index is 882. The van der Waals surface area contributed by atoms with E-state index in [4.69, 9.17) is 4.42 Å². The molecular weight excluding hydrogens is 496 g/mol. The van der Waals surface area contributed by atoms with Crippen LogP contribution in [-0.2, 0) is 9.59 Å². The molecule has 2 rings (SSSR count). The van der Waals surface area contributed by atoms with Gasteiger partial charge in [-0.2, -0.15) is 0 Å². The maximum absolute atomic E-state index is 13.5. The number of hydrogen-bond donors (Lipinski definition) is 1. The van der Waals surface area contributed by atoms with E-state index in [1.165, 1.54) is 63.1 Å². The number of benzene rings is 1. The highest BCUT2D eigenvalue weighted by Crippen LogP contribution is 2.35. The molecule has 6 nitrogen and oxygen atoms in total. The van der Waals surface area contributed by atoms with Crippen molar-refractivity contribution >= 4 is 34.7 Å². The molecular formula is C31H50N2O4S. The van der Waals surface area contributed by atoms with E-state index < -0.39 is 11.9 Å². The Morgan fingerprint density at radius 2 is 1.45 bits per heavy atom. The lowest BCUT2D eigenvalue weighted by molar-refractivity contribution is -0.146. The molecule has 7 heteroatoms. The molecule has 0 radical (unpaired) electrons. The summed E-state index contributed by atoms with van der Waals surface area (Å²) in [5.41, 5.74) is 1.45. The Balaban J connectivity index is 2.04. The number of carbonyl (C=O) groups is 2. The number of thioether (sulfide) groups is 1. The van der Waals surface area contributed by atoms with Crippen molar-refractivity contribution in [2.24, 2.45) is 5.92 Å². The van der Waals surface area contributed by atoms with Crippen LogP contribution in [0.1, 0.15) is 117 Å². The molecule has 0 saturated heterocycles. The maximum Gasteiger partial charge on any atom is 0.308 e. The third-order valence-electron chi connectivity index (χ3n) is 7.18. The number of rotatable bonds is 22. The molecule has 1 aromatic carbocycles. The Morgan fingerprint density at radius 1 is 0.868 bits per heavy atom. The van der Waals surface area contributed by atoms with Crippen LogP contribution in [0.3, 0.4) is 0 Å². The molecule has 2 unspecified atom stereocenters. The molecule has 2 atom stereocenters. The number of aromatic nitrogens is 1. The van der Waals surface area contributed by atoms with Gasteiger partial charge >= 0.3 is 5.97 Å². The van der Waals surface area contributed by atoms with Crippen LogP contribution in [0.4, 0.5) is 0 Å². The molecule has 2 aromatic rings. The number of oxazole rings is 1. The number of amides is 1. The number of para-hydroxylation sites is 2. The number of carboxylic acids is 1. The first-order chi connectivity index (χ1) is 18.5. The standard InChI is InChI=1S/C31H50N2O4S/c1-4-7-9-11-13-17-22-33(23-18-14-12-10-8-5-2)29(34)24-25(30(35)36)28(19-6-3)38-31-32-26-20-15-16-21-27(26)37-31/h15-16,20-21,25,28H,4-14,17-19,22-24H2,1-3H3,(H,35,36). The summed E-state index contributed by atoms with van der Waals surface area (Å²) in [5.74, 6) is -1.72. The summed E-state index contributed by atoms with van der Waals surface area (Å²) in [5, 5.41) is 10.4. The van der Waals surface area contributed by atoms with Gasteiger partial charge in [0.2, 0.25) is 5.91 Å². The lowest BCUT2D eigenvalue weighted by Gasteiger charge is -2.27. The third-order valence-corrected chi connectivity index (χ3v) is 8.42. The van der Waals surface area contributed by atoms with Crippen molar-refractivity contribution in [3.8, 4) is 0 Å². The van der Waals surface area contributed by atoms with Crippen molar-refractivity contribution in [3.63, 3.8) is 0 Å². The molecule has 1 heterocycles. The second-order valence-corrected chi connectivity index (χ2v) is 11.6. The quantitative estimate of drug-likeness (QED) is 0.117. The Kier molecular flexibility index (Phi) is 16.2. The van der Waals surface area contributed by atoms with E-state index in [1.807, 2.05) is 36.1 Å². The molecule has 0 aliphatic heterocycles. The van der Waals surface area contributed by atoms with Crippen LogP contribution in [0.5, 0.6) is 0 Å². The molecule has 214 valence electrons. The van der Waals surface area contributed by atoms with Crippen LogP contribution in [0.25, 0.3) is 11.1 Å². The smallest absolute Gasteiger partial charge is 0.308 e. The van der Waals surface area contributed by atoms with Gasteiger partial charge in [0.1, 0.15) is 5.52 Å². The lowest BCUT2D eigenvalue weighted by atomic mass is 9.97. The van der Waals surface area contributed by atoms with E-state index in [1.54, 1.807) is 0 Å². The van der Waals surface area contributed by atoms with E-state index >= 15 is 0 Å². The second-order valence-electron chi connectivity index (χ2n) is 10.5. The fourth-order valence-corrected chi connectivity index (χ4v) is 6.16. The highest BCUT2D eigenvalue weighted by Gasteiger charge is 2.33. The van der Waals surface area contributed by atoms with Crippen molar-refractivity contribution < 1.29 is 19.1 Å². The zero-order chi connectivity index (χ0) is 27.6. The first-order valence-corrected chi connectivity index (χ1v) is 15.9. The maximum atomic E-state index is 13.5. The molecule has 0 bridgehead atoms. The summed E-state index contributed by atoms with van der Waals surface area (Å²) in [6.07, 6.45) is 15.6. The van der Waals surface area contributed by atoms with Crippen LogP contribution in [0.15, 0.2) is 33.9 Å². The number of carboxylic acid groups (broad SMARTS) is 1. The largest absolute Gasteiger partial charge is 0.481 e. The van der Waals surface area contributed by atoms with Gasteiger partial charge in [0.05, 0.1) is 5.92 Å². The highest BCUT2D eigenvalue weighted by molar-refractivity contribution is 7.99. The molecule has 0 aliphatic rings. The fourth-order valence-electron chi connectivity index (χ4n) is 4.88. The van der Waals surface area contributed by atoms with Gasteiger partial charge in [-0.05, 0) is 31.4 Å². The summed E-state index contributed by atoms with van der Waals surface area (Å²) in [6, 6.07) is 7.55. The monoisotopic (exact) mass is 546 g/mol. The second kappa shape index (κ2) is 19.1. The Hall–Kier alpha value is -2.02. The number of aliphatic carboxylic acids is 1. The summed E-state index contributed by atoms with van der Waals surface area (Å²) < 4.78 is 5.88. The number of nitrogens with zero attached hydrogens (tertiary/aromatic N) is 2. The van der Waals surface area contributed by atoms with Crippen LogP contribution in [-0.4, -0.2) is 45.2 Å². The summed E-state index contributed by atoms with van der Waals surface area (Å²) in [4.78, 5) is 32.4. The van der Waals surface area contributed by atoms with Gasteiger partial charge in [0, 0.05) is 24.8 Å². The van der Waals surface area contributed by atoms with Crippen molar-refractivity contribution in [1.82, 2.24) is 9.88 Å². The van der Waals surface area contributed by atoms with Crippen molar-refractivity contribution in [2.75, 3.05) is 13.1 Å². The average molecular weight is 547 g/mol.